The summed E-state index contributed by atoms with van der Waals surface area (Å²) in [5, 5.41) is 7.02. The SMILES string of the molecule is O=c1[nH]c(CN2CCc3sccc3C2)nc2c1cnn2-c1ccccc1. The molecule has 0 spiro atoms. The molecule has 0 bridgehead atoms. The summed E-state index contributed by atoms with van der Waals surface area (Å²) in [6.07, 6.45) is 2.64. The van der Waals surface area contributed by atoms with E-state index in [4.69, 9.17) is 4.98 Å². The van der Waals surface area contributed by atoms with Crippen molar-refractivity contribution in [2.24, 2.45) is 0 Å². The van der Waals surface area contributed by atoms with Gasteiger partial charge in [-0.1, -0.05) is 18.2 Å². The van der Waals surface area contributed by atoms with E-state index >= 15 is 0 Å². The molecule has 130 valence electrons. The molecule has 3 aromatic heterocycles. The number of H-pyrrole nitrogens is 1. The van der Waals surface area contributed by atoms with Crippen LogP contribution in [-0.2, 0) is 19.5 Å². The Hall–Kier alpha value is -2.77. The molecule has 0 unspecified atom stereocenters. The van der Waals surface area contributed by atoms with Gasteiger partial charge in [0.25, 0.3) is 5.56 Å². The fourth-order valence-corrected chi connectivity index (χ4v) is 4.34. The van der Waals surface area contributed by atoms with Crippen LogP contribution in [0.4, 0.5) is 0 Å². The van der Waals surface area contributed by atoms with Gasteiger partial charge in [0.1, 0.15) is 11.2 Å². The minimum atomic E-state index is -0.139. The number of nitrogens with zero attached hydrogens (tertiary/aromatic N) is 4. The molecular weight excluding hydrogens is 346 g/mol. The Morgan fingerprint density at radius 1 is 1.19 bits per heavy atom. The van der Waals surface area contributed by atoms with Gasteiger partial charge in [-0.25, -0.2) is 9.67 Å². The molecule has 4 aromatic rings. The van der Waals surface area contributed by atoms with Crippen molar-refractivity contribution < 1.29 is 0 Å². The van der Waals surface area contributed by atoms with E-state index in [1.54, 1.807) is 10.9 Å². The summed E-state index contributed by atoms with van der Waals surface area (Å²) in [5.74, 6) is 0.680. The number of aromatic amines is 1. The Labute approximate surface area is 153 Å². The highest BCUT2D eigenvalue weighted by molar-refractivity contribution is 7.10. The van der Waals surface area contributed by atoms with E-state index < -0.39 is 0 Å². The molecule has 0 aliphatic carbocycles. The number of fused-ring (bicyclic) bond motifs is 2. The summed E-state index contributed by atoms with van der Waals surface area (Å²) in [6, 6.07) is 12.0. The topological polar surface area (TPSA) is 66.8 Å². The van der Waals surface area contributed by atoms with Crippen molar-refractivity contribution >= 4 is 22.4 Å². The molecule has 5 rings (SSSR count). The normalized spacial score (nSPS) is 14.6. The Morgan fingerprint density at radius 2 is 2.08 bits per heavy atom. The Morgan fingerprint density at radius 3 is 2.96 bits per heavy atom. The van der Waals surface area contributed by atoms with Crippen molar-refractivity contribution in [1.82, 2.24) is 24.6 Å². The molecule has 1 N–H and O–H groups in total. The molecule has 0 saturated heterocycles. The zero-order valence-corrected chi connectivity index (χ0v) is 14.9. The highest BCUT2D eigenvalue weighted by Gasteiger charge is 2.19. The van der Waals surface area contributed by atoms with Gasteiger partial charge in [-0.15, -0.1) is 11.3 Å². The lowest BCUT2D eigenvalue weighted by atomic mass is 10.1. The minimum Gasteiger partial charge on any atom is -0.309 e. The van der Waals surface area contributed by atoms with Crippen molar-refractivity contribution in [2.75, 3.05) is 6.54 Å². The first-order chi connectivity index (χ1) is 12.8. The van der Waals surface area contributed by atoms with Gasteiger partial charge in [-0.3, -0.25) is 9.69 Å². The predicted octanol–water partition coefficient (Wildman–Crippen LogP) is 2.73. The van der Waals surface area contributed by atoms with Crippen LogP contribution in [0, 0.1) is 0 Å². The molecule has 7 heteroatoms. The van der Waals surface area contributed by atoms with Crippen LogP contribution in [0.25, 0.3) is 16.7 Å². The number of aromatic nitrogens is 4. The van der Waals surface area contributed by atoms with Crippen LogP contribution in [0.3, 0.4) is 0 Å². The van der Waals surface area contributed by atoms with E-state index in [9.17, 15) is 4.79 Å². The second-order valence-corrected chi connectivity index (χ2v) is 7.47. The molecule has 0 amide bonds. The van der Waals surface area contributed by atoms with E-state index in [0.29, 0.717) is 23.4 Å². The lowest BCUT2D eigenvalue weighted by Gasteiger charge is -2.26. The third kappa shape index (κ3) is 2.65. The molecule has 0 saturated carbocycles. The molecule has 6 nitrogen and oxygen atoms in total. The largest absolute Gasteiger partial charge is 0.309 e. The number of hydrogen-bond donors (Lipinski definition) is 1. The number of benzene rings is 1. The van der Waals surface area contributed by atoms with Gasteiger partial charge in [-0.2, -0.15) is 5.10 Å². The molecule has 0 fully saturated rings. The highest BCUT2D eigenvalue weighted by atomic mass is 32.1. The monoisotopic (exact) mass is 363 g/mol. The van der Waals surface area contributed by atoms with Crippen molar-refractivity contribution in [3.05, 3.63) is 74.6 Å². The maximum absolute atomic E-state index is 12.5. The first-order valence-electron chi connectivity index (χ1n) is 8.58. The van der Waals surface area contributed by atoms with Crippen LogP contribution in [0.5, 0.6) is 0 Å². The average Bonchev–Trinajstić information content (AvgIpc) is 3.29. The average molecular weight is 363 g/mol. The fourth-order valence-electron chi connectivity index (χ4n) is 3.45. The lowest BCUT2D eigenvalue weighted by molar-refractivity contribution is 0.241. The number of rotatable bonds is 3. The van der Waals surface area contributed by atoms with Gasteiger partial charge < -0.3 is 4.98 Å². The second-order valence-electron chi connectivity index (χ2n) is 6.47. The molecule has 1 aliphatic rings. The van der Waals surface area contributed by atoms with E-state index in [2.05, 4.69) is 26.4 Å². The first-order valence-corrected chi connectivity index (χ1v) is 9.46. The number of para-hydroxylation sites is 1. The summed E-state index contributed by atoms with van der Waals surface area (Å²) < 4.78 is 1.72. The third-order valence-corrected chi connectivity index (χ3v) is 5.77. The molecule has 1 aromatic carbocycles. The number of hydrogen-bond acceptors (Lipinski definition) is 5. The van der Waals surface area contributed by atoms with E-state index in [1.165, 1.54) is 10.4 Å². The minimum absolute atomic E-state index is 0.139. The lowest BCUT2D eigenvalue weighted by Crippen LogP contribution is -2.30. The molecular formula is C19H17N5OS. The maximum Gasteiger partial charge on any atom is 0.262 e. The summed E-state index contributed by atoms with van der Waals surface area (Å²) in [7, 11) is 0. The van der Waals surface area contributed by atoms with Crippen LogP contribution >= 0.6 is 11.3 Å². The van der Waals surface area contributed by atoms with E-state index in [-0.39, 0.29) is 5.56 Å². The number of thiophene rings is 1. The van der Waals surface area contributed by atoms with E-state index in [0.717, 1.165) is 25.2 Å². The molecule has 4 heterocycles. The Kier molecular flexibility index (Phi) is 3.69. The molecule has 0 radical (unpaired) electrons. The smallest absolute Gasteiger partial charge is 0.262 e. The highest BCUT2D eigenvalue weighted by Crippen LogP contribution is 2.24. The Balaban J connectivity index is 1.50. The summed E-state index contributed by atoms with van der Waals surface area (Å²) in [6.45, 7) is 2.51. The molecule has 0 atom stereocenters. The first kappa shape index (κ1) is 15.5. The zero-order chi connectivity index (χ0) is 17.5. The standard InChI is InChI=1S/C19H17N5OS/c25-19-15-10-20-24(14-4-2-1-3-5-14)18(15)21-17(22-19)12-23-8-6-16-13(11-23)7-9-26-16/h1-5,7,9-10H,6,8,11-12H2,(H,21,22,25). The Bertz CT molecular complexity index is 1130. The van der Waals surface area contributed by atoms with Crippen molar-refractivity contribution in [2.45, 2.75) is 19.5 Å². The quantitative estimate of drug-likeness (QED) is 0.608. The van der Waals surface area contributed by atoms with Crippen LogP contribution in [0.15, 0.2) is 52.8 Å². The summed E-state index contributed by atoms with van der Waals surface area (Å²) >= 11 is 1.83. The maximum atomic E-state index is 12.5. The van der Waals surface area contributed by atoms with Gasteiger partial charge in [0.15, 0.2) is 5.65 Å². The zero-order valence-electron chi connectivity index (χ0n) is 14.1. The van der Waals surface area contributed by atoms with Gasteiger partial charge in [0, 0.05) is 18.0 Å². The third-order valence-electron chi connectivity index (χ3n) is 4.75. The van der Waals surface area contributed by atoms with Gasteiger partial charge in [-0.05, 0) is 35.6 Å². The van der Waals surface area contributed by atoms with Crippen molar-refractivity contribution in [3.63, 3.8) is 0 Å². The van der Waals surface area contributed by atoms with Crippen LogP contribution < -0.4 is 5.56 Å². The van der Waals surface area contributed by atoms with Crippen molar-refractivity contribution in [1.29, 1.82) is 0 Å². The van der Waals surface area contributed by atoms with Crippen molar-refractivity contribution in [3.8, 4) is 5.69 Å². The van der Waals surface area contributed by atoms with Gasteiger partial charge in [0.05, 0.1) is 18.4 Å². The van der Waals surface area contributed by atoms with Crippen LogP contribution in [0.2, 0.25) is 0 Å². The number of nitrogens with one attached hydrogen (secondary N) is 1. The van der Waals surface area contributed by atoms with Crippen LogP contribution in [-0.4, -0.2) is 31.2 Å². The predicted molar refractivity (Wildman–Crippen MR) is 102 cm³/mol. The summed E-state index contributed by atoms with van der Waals surface area (Å²) in [4.78, 5) is 23.9. The summed E-state index contributed by atoms with van der Waals surface area (Å²) in [5.41, 5.74) is 2.75. The van der Waals surface area contributed by atoms with E-state index in [1.807, 2.05) is 41.7 Å². The fraction of sp³-hybridized carbons (Fsp3) is 0.211. The van der Waals surface area contributed by atoms with Gasteiger partial charge >= 0.3 is 0 Å². The second kappa shape index (κ2) is 6.19. The molecule has 1 aliphatic heterocycles. The molecule has 26 heavy (non-hydrogen) atoms. The van der Waals surface area contributed by atoms with Gasteiger partial charge in [0.2, 0.25) is 0 Å². The van der Waals surface area contributed by atoms with Crippen LogP contribution in [0.1, 0.15) is 16.3 Å².